The molecule has 0 amide bonds. The first-order chi connectivity index (χ1) is 8.86. The van der Waals surface area contributed by atoms with Crippen LogP contribution in [0.3, 0.4) is 0 Å². The highest BCUT2D eigenvalue weighted by Crippen LogP contribution is 2.35. The Balaban J connectivity index is 1.95. The molecule has 3 rings (SSSR count). The maximum Gasteiger partial charge on any atom is 0.161 e. The second-order valence-electron chi connectivity index (χ2n) is 4.00. The highest BCUT2D eigenvalue weighted by molar-refractivity contribution is 7.13. The minimum atomic E-state index is 0.704. The molecule has 0 saturated carbocycles. The van der Waals surface area contributed by atoms with Crippen LogP contribution in [-0.2, 0) is 0 Å². The number of fused-ring (bicyclic) bond motifs is 1. The van der Waals surface area contributed by atoms with E-state index in [1.807, 2.05) is 30.6 Å². The summed E-state index contributed by atoms with van der Waals surface area (Å²) >= 11 is 1.61. The van der Waals surface area contributed by atoms with Gasteiger partial charge in [0.2, 0.25) is 0 Å². The van der Waals surface area contributed by atoms with E-state index >= 15 is 0 Å². The number of ether oxygens (including phenoxy) is 2. The molecule has 1 aliphatic rings. The molecule has 0 atom stereocenters. The van der Waals surface area contributed by atoms with Gasteiger partial charge in [-0.15, -0.1) is 11.3 Å². The third-order valence-electron chi connectivity index (χ3n) is 2.75. The lowest BCUT2D eigenvalue weighted by atomic mass is 10.2. The Labute approximate surface area is 110 Å². The quantitative estimate of drug-likeness (QED) is 0.903. The van der Waals surface area contributed by atoms with Crippen LogP contribution in [0.4, 0.5) is 5.82 Å². The van der Waals surface area contributed by atoms with Crippen molar-refractivity contribution in [2.45, 2.75) is 6.42 Å². The van der Waals surface area contributed by atoms with Gasteiger partial charge in [0.15, 0.2) is 11.5 Å². The highest BCUT2D eigenvalue weighted by Gasteiger charge is 2.12. The Kier molecular flexibility index (Phi) is 3.06. The van der Waals surface area contributed by atoms with E-state index in [9.17, 15) is 0 Å². The van der Waals surface area contributed by atoms with Gasteiger partial charge in [0, 0.05) is 24.4 Å². The SMILES string of the molecule is CNc1csc(-c2ccc3c(c2)OCCCO3)n1. The maximum absolute atomic E-state index is 5.68. The zero-order valence-electron chi connectivity index (χ0n) is 10.1. The number of rotatable bonds is 2. The molecule has 0 aliphatic carbocycles. The van der Waals surface area contributed by atoms with E-state index in [1.54, 1.807) is 11.3 Å². The fourth-order valence-corrected chi connectivity index (χ4v) is 2.63. The molecule has 1 aromatic carbocycles. The van der Waals surface area contributed by atoms with E-state index in [0.29, 0.717) is 13.2 Å². The second-order valence-corrected chi connectivity index (χ2v) is 4.86. The Hall–Kier alpha value is -1.75. The summed E-state index contributed by atoms with van der Waals surface area (Å²) in [5.41, 5.74) is 1.06. The number of hydrogen-bond acceptors (Lipinski definition) is 5. The standard InChI is InChI=1S/C13H14N2O2S/c1-14-12-8-18-13(15-12)9-3-4-10-11(7-9)17-6-2-5-16-10/h3-4,7-8,14H,2,5-6H2,1H3. The van der Waals surface area contributed by atoms with E-state index < -0.39 is 0 Å². The van der Waals surface area contributed by atoms with Gasteiger partial charge >= 0.3 is 0 Å². The van der Waals surface area contributed by atoms with Gasteiger partial charge in [0.25, 0.3) is 0 Å². The zero-order chi connectivity index (χ0) is 12.4. The molecule has 1 aromatic heterocycles. The molecule has 18 heavy (non-hydrogen) atoms. The predicted molar refractivity (Wildman–Crippen MR) is 72.7 cm³/mol. The van der Waals surface area contributed by atoms with Gasteiger partial charge in [-0.1, -0.05) is 0 Å². The van der Waals surface area contributed by atoms with Gasteiger partial charge < -0.3 is 14.8 Å². The van der Waals surface area contributed by atoms with Crippen LogP contribution in [0.25, 0.3) is 10.6 Å². The first-order valence-corrected chi connectivity index (χ1v) is 6.78. The number of hydrogen-bond donors (Lipinski definition) is 1. The minimum absolute atomic E-state index is 0.704. The average molecular weight is 262 g/mol. The van der Waals surface area contributed by atoms with E-state index in [-0.39, 0.29) is 0 Å². The number of thiazole rings is 1. The van der Waals surface area contributed by atoms with Crippen molar-refractivity contribution in [2.24, 2.45) is 0 Å². The number of benzene rings is 1. The minimum Gasteiger partial charge on any atom is -0.490 e. The number of anilines is 1. The molecule has 0 unspecified atom stereocenters. The topological polar surface area (TPSA) is 43.4 Å². The highest BCUT2D eigenvalue weighted by atomic mass is 32.1. The molecule has 0 saturated heterocycles. The van der Waals surface area contributed by atoms with Gasteiger partial charge in [-0.2, -0.15) is 0 Å². The van der Waals surface area contributed by atoms with Crippen molar-refractivity contribution in [3.8, 4) is 22.1 Å². The van der Waals surface area contributed by atoms with E-state index in [0.717, 1.165) is 34.3 Å². The molecular weight excluding hydrogens is 248 g/mol. The average Bonchev–Trinajstić information content (AvgIpc) is 2.76. The number of nitrogens with one attached hydrogen (secondary N) is 1. The predicted octanol–water partition coefficient (Wildman–Crippen LogP) is 3.01. The lowest BCUT2D eigenvalue weighted by Crippen LogP contribution is -1.97. The van der Waals surface area contributed by atoms with Crippen LogP contribution in [-0.4, -0.2) is 25.2 Å². The summed E-state index contributed by atoms with van der Waals surface area (Å²) in [5.74, 6) is 2.52. The van der Waals surface area contributed by atoms with Gasteiger partial charge in [0.1, 0.15) is 10.8 Å². The number of aromatic nitrogens is 1. The fourth-order valence-electron chi connectivity index (χ4n) is 1.82. The Morgan fingerprint density at radius 2 is 2.06 bits per heavy atom. The van der Waals surface area contributed by atoms with E-state index in [2.05, 4.69) is 10.3 Å². The molecule has 2 heterocycles. The second kappa shape index (κ2) is 4.86. The monoisotopic (exact) mass is 262 g/mol. The molecule has 94 valence electrons. The van der Waals surface area contributed by atoms with Crippen LogP contribution >= 0.6 is 11.3 Å². The van der Waals surface area contributed by atoms with Crippen molar-refractivity contribution in [3.63, 3.8) is 0 Å². The first-order valence-electron chi connectivity index (χ1n) is 5.90. The number of nitrogens with zero attached hydrogens (tertiary/aromatic N) is 1. The van der Waals surface area contributed by atoms with Crippen molar-refractivity contribution >= 4 is 17.2 Å². The molecular formula is C13H14N2O2S. The van der Waals surface area contributed by atoms with Crippen LogP contribution < -0.4 is 14.8 Å². The molecule has 5 heteroatoms. The summed E-state index contributed by atoms with van der Waals surface area (Å²) < 4.78 is 11.3. The fraction of sp³-hybridized carbons (Fsp3) is 0.308. The van der Waals surface area contributed by atoms with Gasteiger partial charge in [-0.05, 0) is 18.2 Å². The molecule has 0 spiro atoms. The Bertz CT molecular complexity index is 554. The summed E-state index contributed by atoms with van der Waals surface area (Å²) in [6.07, 6.45) is 0.922. The van der Waals surface area contributed by atoms with Crippen molar-refractivity contribution < 1.29 is 9.47 Å². The van der Waals surface area contributed by atoms with Gasteiger partial charge in [-0.25, -0.2) is 4.98 Å². The largest absolute Gasteiger partial charge is 0.490 e. The lowest BCUT2D eigenvalue weighted by Gasteiger charge is -2.07. The van der Waals surface area contributed by atoms with Crippen LogP contribution in [0.15, 0.2) is 23.6 Å². The van der Waals surface area contributed by atoms with Crippen molar-refractivity contribution in [1.82, 2.24) is 4.98 Å². The molecule has 0 fully saturated rings. The Morgan fingerprint density at radius 3 is 2.83 bits per heavy atom. The molecule has 1 N–H and O–H groups in total. The van der Waals surface area contributed by atoms with Crippen molar-refractivity contribution in [2.75, 3.05) is 25.6 Å². The molecule has 0 bridgehead atoms. The summed E-state index contributed by atoms with van der Waals surface area (Å²) in [6.45, 7) is 1.42. The summed E-state index contributed by atoms with van der Waals surface area (Å²) in [5, 5.41) is 6.01. The van der Waals surface area contributed by atoms with E-state index in [4.69, 9.17) is 9.47 Å². The van der Waals surface area contributed by atoms with Crippen LogP contribution in [0.2, 0.25) is 0 Å². The molecule has 1 aliphatic heterocycles. The summed E-state index contributed by atoms with van der Waals surface area (Å²) in [4.78, 5) is 4.48. The third-order valence-corrected chi connectivity index (χ3v) is 3.65. The normalized spacial score (nSPS) is 14.1. The van der Waals surface area contributed by atoms with Crippen LogP contribution in [0.5, 0.6) is 11.5 Å². The third kappa shape index (κ3) is 2.13. The van der Waals surface area contributed by atoms with Crippen LogP contribution in [0.1, 0.15) is 6.42 Å². The van der Waals surface area contributed by atoms with Crippen molar-refractivity contribution in [1.29, 1.82) is 0 Å². The lowest BCUT2D eigenvalue weighted by molar-refractivity contribution is 0.297. The smallest absolute Gasteiger partial charge is 0.161 e. The van der Waals surface area contributed by atoms with Crippen LogP contribution in [0, 0.1) is 0 Å². The van der Waals surface area contributed by atoms with Gasteiger partial charge in [0.05, 0.1) is 13.2 Å². The van der Waals surface area contributed by atoms with Gasteiger partial charge in [-0.3, -0.25) is 0 Å². The summed E-state index contributed by atoms with van der Waals surface area (Å²) in [6, 6.07) is 5.97. The molecule has 0 radical (unpaired) electrons. The maximum atomic E-state index is 5.68. The van der Waals surface area contributed by atoms with E-state index in [1.165, 1.54) is 0 Å². The molecule has 4 nitrogen and oxygen atoms in total. The Morgan fingerprint density at radius 1 is 1.22 bits per heavy atom. The zero-order valence-corrected chi connectivity index (χ0v) is 10.9. The molecule has 2 aromatic rings. The van der Waals surface area contributed by atoms with Crippen molar-refractivity contribution in [3.05, 3.63) is 23.6 Å². The first kappa shape index (κ1) is 11.3. The summed E-state index contributed by atoms with van der Waals surface area (Å²) in [7, 11) is 1.87.